The molecule has 0 saturated heterocycles. The molecule has 0 radical (unpaired) electrons. The first-order chi connectivity index (χ1) is 9.47. The van der Waals surface area contributed by atoms with E-state index < -0.39 is 22.3 Å². The van der Waals surface area contributed by atoms with Gasteiger partial charge < -0.3 is 5.32 Å². The zero-order valence-electron chi connectivity index (χ0n) is 9.84. The molecule has 1 amide bonds. The van der Waals surface area contributed by atoms with Crippen molar-refractivity contribution in [2.24, 2.45) is 0 Å². The van der Waals surface area contributed by atoms with E-state index in [0.29, 0.717) is 11.8 Å². The summed E-state index contributed by atoms with van der Waals surface area (Å²) in [5, 5.41) is 13.5. The maximum atomic E-state index is 13.0. The number of rotatable bonds is 3. The van der Waals surface area contributed by atoms with E-state index in [1.165, 1.54) is 18.3 Å². The summed E-state index contributed by atoms with van der Waals surface area (Å²) in [6.45, 7) is 0. The lowest BCUT2D eigenvalue weighted by atomic mass is 10.1. The van der Waals surface area contributed by atoms with Crippen LogP contribution >= 0.6 is 11.6 Å². The zero-order chi connectivity index (χ0) is 14.7. The Morgan fingerprint density at radius 2 is 2.10 bits per heavy atom. The van der Waals surface area contributed by atoms with Crippen molar-refractivity contribution in [3.63, 3.8) is 0 Å². The molecule has 2 rings (SSSR count). The predicted octanol–water partition coefficient (Wildman–Crippen LogP) is 3.03. The number of halogens is 2. The molecule has 0 saturated carbocycles. The molecule has 0 unspecified atom stereocenters. The van der Waals surface area contributed by atoms with Gasteiger partial charge in [0, 0.05) is 0 Å². The lowest BCUT2D eigenvalue weighted by Gasteiger charge is -2.05. The van der Waals surface area contributed by atoms with E-state index in [0.717, 1.165) is 12.1 Å². The summed E-state index contributed by atoms with van der Waals surface area (Å²) in [7, 11) is 0. The lowest BCUT2D eigenvalue weighted by Crippen LogP contribution is -2.14. The van der Waals surface area contributed by atoms with Crippen LogP contribution in [-0.4, -0.2) is 15.8 Å². The Balaban J connectivity index is 2.29. The van der Waals surface area contributed by atoms with Gasteiger partial charge in [-0.1, -0.05) is 11.6 Å². The summed E-state index contributed by atoms with van der Waals surface area (Å²) >= 11 is 5.59. The van der Waals surface area contributed by atoms with Gasteiger partial charge in [-0.05, 0) is 24.3 Å². The van der Waals surface area contributed by atoms with E-state index in [9.17, 15) is 19.3 Å². The van der Waals surface area contributed by atoms with Crippen LogP contribution in [0.3, 0.4) is 0 Å². The van der Waals surface area contributed by atoms with Crippen molar-refractivity contribution >= 4 is 28.9 Å². The third kappa shape index (κ3) is 3.07. The minimum Gasteiger partial charge on any atom is -0.320 e. The third-order valence-electron chi connectivity index (χ3n) is 2.39. The lowest BCUT2D eigenvalue weighted by molar-refractivity contribution is -0.385. The third-order valence-corrected chi connectivity index (χ3v) is 2.61. The molecular formula is C12H7ClFN3O3. The Morgan fingerprint density at radius 1 is 1.35 bits per heavy atom. The molecule has 2 aromatic rings. The molecule has 0 fully saturated rings. The van der Waals surface area contributed by atoms with Crippen molar-refractivity contribution in [2.75, 3.05) is 5.32 Å². The van der Waals surface area contributed by atoms with E-state index >= 15 is 0 Å². The van der Waals surface area contributed by atoms with Crippen LogP contribution in [0.15, 0.2) is 36.5 Å². The Morgan fingerprint density at radius 3 is 2.70 bits per heavy atom. The number of nitro benzene ring substituents is 1. The summed E-state index contributed by atoms with van der Waals surface area (Å²) in [5.41, 5.74) is -0.534. The molecule has 0 spiro atoms. The highest BCUT2D eigenvalue weighted by Gasteiger charge is 2.21. The number of hydrogen-bond donors (Lipinski definition) is 1. The SMILES string of the molecule is O=C(Nc1ccc(Cl)nc1)c1ccc(F)cc1[N+](=O)[O-]. The Kier molecular flexibility index (Phi) is 3.90. The van der Waals surface area contributed by atoms with Crippen molar-refractivity contribution < 1.29 is 14.1 Å². The molecule has 1 N–H and O–H groups in total. The second-order valence-electron chi connectivity index (χ2n) is 3.74. The van der Waals surface area contributed by atoms with E-state index in [4.69, 9.17) is 11.6 Å². The van der Waals surface area contributed by atoms with E-state index in [1.54, 1.807) is 0 Å². The van der Waals surface area contributed by atoms with Gasteiger partial charge in [0.05, 0.1) is 22.9 Å². The highest BCUT2D eigenvalue weighted by Crippen LogP contribution is 2.21. The van der Waals surface area contributed by atoms with Gasteiger partial charge in [0.1, 0.15) is 16.5 Å². The van der Waals surface area contributed by atoms with Gasteiger partial charge in [-0.25, -0.2) is 9.37 Å². The van der Waals surface area contributed by atoms with Crippen LogP contribution in [-0.2, 0) is 0 Å². The Bertz CT molecular complexity index is 676. The van der Waals surface area contributed by atoms with Crippen LogP contribution in [0.4, 0.5) is 15.8 Å². The van der Waals surface area contributed by atoms with E-state index in [1.807, 2.05) is 0 Å². The van der Waals surface area contributed by atoms with Gasteiger partial charge in [0.25, 0.3) is 11.6 Å². The number of aromatic nitrogens is 1. The van der Waals surface area contributed by atoms with Crippen molar-refractivity contribution in [2.45, 2.75) is 0 Å². The predicted molar refractivity (Wildman–Crippen MR) is 70.3 cm³/mol. The average Bonchev–Trinajstić information content (AvgIpc) is 2.41. The molecule has 0 bridgehead atoms. The molecule has 1 aromatic heterocycles. The van der Waals surface area contributed by atoms with Crippen LogP contribution < -0.4 is 5.32 Å². The number of carbonyl (C=O) groups is 1. The van der Waals surface area contributed by atoms with Gasteiger partial charge in [-0.2, -0.15) is 0 Å². The van der Waals surface area contributed by atoms with Gasteiger partial charge in [0.2, 0.25) is 0 Å². The minimum atomic E-state index is -0.821. The van der Waals surface area contributed by atoms with Crippen LogP contribution in [0.1, 0.15) is 10.4 Å². The van der Waals surface area contributed by atoms with Gasteiger partial charge in [0.15, 0.2) is 0 Å². The molecule has 0 aliphatic rings. The fraction of sp³-hybridized carbons (Fsp3) is 0. The van der Waals surface area contributed by atoms with Crippen molar-refractivity contribution in [1.82, 2.24) is 4.98 Å². The fourth-order valence-electron chi connectivity index (χ4n) is 1.50. The number of benzene rings is 1. The number of anilines is 1. The Hall–Kier alpha value is -2.54. The maximum Gasteiger partial charge on any atom is 0.285 e. The molecule has 0 aliphatic heterocycles. The summed E-state index contributed by atoms with van der Waals surface area (Å²) in [5.74, 6) is -1.53. The molecule has 20 heavy (non-hydrogen) atoms. The molecule has 102 valence electrons. The highest BCUT2D eigenvalue weighted by molar-refractivity contribution is 6.29. The van der Waals surface area contributed by atoms with E-state index in [2.05, 4.69) is 10.3 Å². The van der Waals surface area contributed by atoms with Crippen molar-refractivity contribution in [3.8, 4) is 0 Å². The second kappa shape index (κ2) is 5.62. The molecule has 1 heterocycles. The van der Waals surface area contributed by atoms with Crippen LogP contribution in [0.2, 0.25) is 5.15 Å². The second-order valence-corrected chi connectivity index (χ2v) is 4.13. The van der Waals surface area contributed by atoms with E-state index in [-0.39, 0.29) is 10.7 Å². The number of hydrogen-bond acceptors (Lipinski definition) is 4. The van der Waals surface area contributed by atoms with Crippen molar-refractivity contribution in [1.29, 1.82) is 0 Å². The fourth-order valence-corrected chi connectivity index (χ4v) is 1.61. The summed E-state index contributed by atoms with van der Waals surface area (Å²) in [6.07, 6.45) is 1.30. The summed E-state index contributed by atoms with van der Waals surface area (Å²) in [6, 6.07) is 5.65. The highest BCUT2D eigenvalue weighted by atomic mass is 35.5. The molecule has 0 aliphatic carbocycles. The summed E-state index contributed by atoms with van der Waals surface area (Å²) < 4.78 is 13.0. The number of nitrogens with zero attached hydrogens (tertiary/aromatic N) is 2. The number of nitro groups is 1. The normalized spacial score (nSPS) is 10.1. The zero-order valence-corrected chi connectivity index (χ0v) is 10.6. The first-order valence-electron chi connectivity index (χ1n) is 5.34. The molecule has 8 heteroatoms. The van der Waals surface area contributed by atoms with Gasteiger partial charge >= 0.3 is 0 Å². The number of nitrogens with one attached hydrogen (secondary N) is 1. The minimum absolute atomic E-state index is 0.244. The largest absolute Gasteiger partial charge is 0.320 e. The standard InChI is InChI=1S/C12H7ClFN3O3/c13-11-4-2-8(6-15-11)16-12(18)9-3-1-7(14)5-10(9)17(19)20/h1-6H,(H,16,18). The number of carbonyl (C=O) groups excluding carboxylic acids is 1. The number of pyridine rings is 1. The Labute approximate surface area is 117 Å². The van der Waals surface area contributed by atoms with Crippen LogP contribution in [0, 0.1) is 15.9 Å². The summed E-state index contributed by atoms with van der Waals surface area (Å²) in [4.78, 5) is 25.7. The topological polar surface area (TPSA) is 85.1 Å². The maximum absolute atomic E-state index is 13.0. The molecular weight excluding hydrogens is 289 g/mol. The van der Waals surface area contributed by atoms with Crippen LogP contribution in [0.5, 0.6) is 0 Å². The molecule has 6 nitrogen and oxygen atoms in total. The first-order valence-corrected chi connectivity index (χ1v) is 5.72. The smallest absolute Gasteiger partial charge is 0.285 e. The van der Waals surface area contributed by atoms with Gasteiger partial charge in [-0.15, -0.1) is 0 Å². The monoisotopic (exact) mass is 295 g/mol. The molecule has 1 aromatic carbocycles. The average molecular weight is 296 g/mol. The number of amides is 1. The van der Waals surface area contributed by atoms with Crippen LogP contribution in [0.25, 0.3) is 0 Å². The van der Waals surface area contributed by atoms with Crippen molar-refractivity contribution in [3.05, 3.63) is 63.2 Å². The molecule has 0 atom stereocenters. The first kappa shape index (κ1) is 13.9. The quantitative estimate of drug-likeness (QED) is 0.536. The van der Waals surface area contributed by atoms with Gasteiger partial charge in [-0.3, -0.25) is 14.9 Å².